The third-order valence-electron chi connectivity index (χ3n) is 2.67. The minimum Gasteiger partial charge on any atom is -0.323 e. The molecule has 0 atom stereocenters. The van der Waals surface area contributed by atoms with Gasteiger partial charge in [-0.25, -0.2) is 9.97 Å². The van der Waals surface area contributed by atoms with E-state index in [4.69, 9.17) is 0 Å². The number of benzene rings is 1. The van der Waals surface area contributed by atoms with Gasteiger partial charge in [0.2, 0.25) is 0 Å². The Hall–Kier alpha value is -1.94. The summed E-state index contributed by atoms with van der Waals surface area (Å²) in [5.74, 6) is 1.58. The van der Waals surface area contributed by atoms with Crippen LogP contribution in [0.3, 0.4) is 0 Å². The minimum atomic E-state index is 0.765. The molecule has 0 aliphatic heterocycles. The first-order chi connectivity index (χ1) is 8.84. The molecule has 0 unspecified atom stereocenters. The van der Waals surface area contributed by atoms with Gasteiger partial charge in [-0.05, 0) is 39.5 Å². The molecule has 1 aromatic carbocycles. The number of nitrogens with zero attached hydrogens (tertiary/aromatic N) is 2. The lowest BCUT2D eigenvalue weighted by Gasteiger charge is -2.08. The van der Waals surface area contributed by atoms with Crippen molar-refractivity contribution in [3.05, 3.63) is 59.3 Å². The lowest BCUT2D eigenvalue weighted by Crippen LogP contribution is -1.97. The normalized spacial score (nSPS) is 10.5. The molecule has 0 saturated carbocycles. The molecule has 0 bridgehead atoms. The van der Waals surface area contributed by atoms with Crippen molar-refractivity contribution in [2.75, 3.05) is 5.32 Å². The van der Waals surface area contributed by atoms with Crippen LogP contribution in [-0.2, 0) is 0 Å². The largest absolute Gasteiger partial charge is 0.323 e. The van der Waals surface area contributed by atoms with Crippen LogP contribution < -0.4 is 5.32 Å². The highest BCUT2D eigenvalue weighted by Crippen LogP contribution is 2.26. The van der Waals surface area contributed by atoms with E-state index in [0.29, 0.717) is 0 Å². The molecule has 0 radical (unpaired) electrons. The maximum absolute atomic E-state index is 4.37. The Morgan fingerprint density at radius 2 is 1.67 bits per heavy atom. The van der Waals surface area contributed by atoms with Gasteiger partial charge in [-0.15, -0.1) is 0 Å². The standard InChI is InChI=1S/C14H10BrN3/c15-12-6-3-8-16-14(12)18-13-11-5-2-1-4-10(11)7-9-17-13/h1-9H,(H,16,17,18). The van der Waals surface area contributed by atoms with Gasteiger partial charge in [-0.2, -0.15) is 0 Å². The Morgan fingerprint density at radius 1 is 0.833 bits per heavy atom. The topological polar surface area (TPSA) is 37.8 Å². The zero-order valence-electron chi connectivity index (χ0n) is 9.47. The fourth-order valence-corrected chi connectivity index (χ4v) is 2.16. The Balaban J connectivity index is 2.08. The fraction of sp³-hybridized carbons (Fsp3) is 0. The van der Waals surface area contributed by atoms with Crippen molar-refractivity contribution in [1.82, 2.24) is 9.97 Å². The fourth-order valence-electron chi connectivity index (χ4n) is 1.81. The molecule has 2 aromatic heterocycles. The predicted octanol–water partition coefficient (Wildman–Crippen LogP) is 4.14. The summed E-state index contributed by atoms with van der Waals surface area (Å²) >= 11 is 3.47. The van der Waals surface area contributed by atoms with Crippen molar-refractivity contribution in [2.45, 2.75) is 0 Å². The number of anilines is 2. The molecule has 4 heteroatoms. The van der Waals surface area contributed by atoms with Gasteiger partial charge in [0.15, 0.2) is 0 Å². The summed E-state index contributed by atoms with van der Waals surface area (Å²) in [6, 6.07) is 13.9. The van der Waals surface area contributed by atoms with Crippen LogP contribution in [0, 0.1) is 0 Å². The molecule has 0 fully saturated rings. The van der Waals surface area contributed by atoms with Crippen molar-refractivity contribution in [2.24, 2.45) is 0 Å². The third-order valence-corrected chi connectivity index (χ3v) is 3.31. The monoisotopic (exact) mass is 299 g/mol. The Labute approximate surface area is 113 Å². The minimum absolute atomic E-state index is 0.765. The average Bonchev–Trinajstić information content (AvgIpc) is 2.42. The van der Waals surface area contributed by atoms with E-state index in [1.54, 1.807) is 12.4 Å². The SMILES string of the molecule is Brc1cccnc1Nc1nccc2ccccc12. The third kappa shape index (κ3) is 2.07. The quantitative estimate of drug-likeness (QED) is 0.773. The second-order valence-electron chi connectivity index (χ2n) is 3.84. The molecular formula is C14H10BrN3. The number of rotatable bonds is 2. The van der Waals surface area contributed by atoms with E-state index in [2.05, 4.69) is 37.3 Å². The van der Waals surface area contributed by atoms with Crippen molar-refractivity contribution >= 4 is 38.3 Å². The number of aromatic nitrogens is 2. The highest BCUT2D eigenvalue weighted by molar-refractivity contribution is 9.10. The van der Waals surface area contributed by atoms with Crippen LogP contribution >= 0.6 is 15.9 Å². The number of hydrogen-bond acceptors (Lipinski definition) is 3. The Kier molecular flexibility index (Phi) is 2.94. The zero-order valence-corrected chi connectivity index (χ0v) is 11.1. The molecule has 0 aliphatic rings. The first kappa shape index (κ1) is 11.2. The molecule has 0 spiro atoms. The van der Waals surface area contributed by atoms with Crippen LogP contribution in [0.4, 0.5) is 11.6 Å². The number of nitrogens with one attached hydrogen (secondary N) is 1. The summed E-state index contributed by atoms with van der Waals surface area (Å²) in [7, 11) is 0. The van der Waals surface area contributed by atoms with Crippen LogP contribution in [0.5, 0.6) is 0 Å². The molecule has 0 saturated heterocycles. The summed E-state index contributed by atoms with van der Waals surface area (Å²) in [6.45, 7) is 0. The first-order valence-corrected chi connectivity index (χ1v) is 6.35. The van der Waals surface area contributed by atoms with Crippen LogP contribution in [0.15, 0.2) is 59.3 Å². The number of halogens is 1. The predicted molar refractivity (Wildman–Crippen MR) is 77.0 cm³/mol. The second kappa shape index (κ2) is 4.74. The maximum Gasteiger partial charge on any atom is 0.145 e. The number of pyridine rings is 2. The molecule has 0 amide bonds. The van der Waals surface area contributed by atoms with Crippen molar-refractivity contribution in [3.63, 3.8) is 0 Å². The second-order valence-corrected chi connectivity index (χ2v) is 4.69. The van der Waals surface area contributed by atoms with Crippen LogP contribution in [-0.4, -0.2) is 9.97 Å². The van der Waals surface area contributed by atoms with Gasteiger partial charge in [-0.1, -0.05) is 24.3 Å². The number of hydrogen-bond donors (Lipinski definition) is 1. The molecule has 88 valence electrons. The number of fused-ring (bicyclic) bond motifs is 1. The van der Waals surface area contributed by atoms with Crippen LogP contribution in [0.25, 0.3) is 10.8 Å². The van der Waals surface area contributed by atoms with Crippen LogP contribution in [0.2, 0.25) is 0 Å². The van der Waals surface area contributed by atoms with Crippen molar-refractivity contribution in [1.29, 1.82) is 0 Å². The molecule has 0 aliphatic carbocycles. The summed E-state index contributed by atoms with van der Waals surface area (Å²) < 4.78 is 0.916. The van der Waals surface area contributed by atoms with E-state index in [1.165, 1.54) is 0 Å². The molecule has 18 heavy (non-hydrogen) atoms. The van der Waals surface area contributed by atoms with Gasteiger partial charge in [0, 0.05) is 17.8 Å². The van der Waals surface area contributed by atoms with Gasteiger partial charge in [-0.3, -0.25) is 0 Å². The average molecular weight is 300 g/mol. The highest BCUT2D eigenvalue weighted by atomic mass is 79.9. The van der Waals surface area contributed by atoms with E-state index >= 15 is 0 Å². The molecule has 2 heterocycles. The smallest absolute Gasteiger partial charge is 0.145 e. The van der Waals surface area contributed by atoms with Gasteiger partial charge < -0.3 is 5.32 Å². The summed E-state index contributed by atoms with van der Waals surface area (Å²) in [4.78, 5) is 8.65. The van der Waals surface area contributed by atoms with Gasteiger partial charge >= 0.3 is 0 Å². The van der Waals surface area contributed by atoms with E-state index in [9.17, 15) is 0 Å². The Morgan fingerprint density at radius 3 is 2.56 bits per heavy atom. The molecule has 3 rings (SSSR count). The van der Waals surface area contributed by atoms with Gasteiger partial charge in [0.25, 0.3) is 0 Å². The lowest BCUT2D eigenvalue weighted by molar-refractivity contribution is 1.25. The molecular weight excluding hydrogens is 290 g/mol. The summed E-state index contributed by atoms with van der Waals surface area (Å²) in [5.41, 5.74) is 0. The zero-order chi connectivity index (χ0) is 12.4. The summed E-state index contributed by atoms with van der Waals surface area (Å²) in [6.07, 6.45) is 3.54. The van der Waals surface area contributed by atoms with E-state index in [1.807, 2.05) is 36.4 Å². The van der Waals surface area contributed by atoms with Gasteiger partial charge in [0.1, 0.15) is 11.6 Å². The molecule has 1 N–H and O–H groups in total. The van der Waals surface area contributed by atoms with E-state index in [-0.39, 0.29) is 0 Å². The maximum atomic E-state index is 4.37. The van der Waals surface area contributed by atoms with Crippen molar-refractivity contribution in [3.8, 4) is 0 Å². The molecule has 3 nitrogen and oxygen atoms in total. The lowest BCUT2D eigenvalue weighted by atomic mass is 10.1. The van der Waals surface area contributed by atoms with E-state index < -0.39 is 0 Å². The van der Waals surface area contributed by atoms with Crippen LogP contribution in [0.1, 0.15) is 0 Å². The van der Waals surface area contributed by atoms with Crippen molar-refractivity contribution < 1.29 is 0 Å². The molecule has 3 aromatic rings. The Bertz CT molecular complexity index is 692. The van der Waals surface area contributed by atoms with Gasteiger partial charge in [0.05, 0.1) is 4.47 Å². The first-order valence-electron chi connectivity index (χ1n) is 5.56. The van der Waals surface area contributed by atoms with E-state index in [0.717, 1.165) is 26.9 Å². The summed E-state index contributed by atoms with van der Waals surface area (Å²) in [5, 5.41) is 5.48. The highest BCUT2D eigenvalue weighted by Gasteiger charge is 2.05.